The molecule has 0 radical (unpaired) electrons. The van der Waals surface area contributed by atoms with Crippen LogP contribution < -0.4 is 10.0 Å². The number of sulfonamides is 1. The van der Waals surface area contributed by atoms with E-state index in [1.807, 2.05) is 12.1 Å². The molecule has 0 saturated carbocycles. The fourth-order valence-corrected chi connectivity index (χ4v) is 4.06. The van der Waals surface area contributed by atoms with E-state index in [9.17, 15) is 32.5 Å². The number of amides is 1. The Morgan fingerprint density at radius 3 is 2.50 bits per heavy atom. The fraction of sp³-hybridized carbons (Fsp3) is 0.182. The van der Waals surface area contributed by atoms with Gasteiger partial charge in [0, 0.05) is 18.3 Å². The number of anilines is 1. The highest BCUT2D eigenvalue weighted by atomic mass is 32.2. The zero-order chi connectivity index (χ0) is 24.9. The maximum atomic E-state index is 13.4. The van der Waals surface area contributed by atoms with Crippen molar-refractivity contribution in [2.24, 2.45) is 0 Å². The van der Waals surface area contributed by atoms with Crippen molar-refractivity contribution in [3.63, 3.8) is 0 Å². The molecule has 0 spiro atoms. The summed E-state index contributed by atoms with van der Waals surface area (Å²) in [4.78, 5) is 34.1. The first-order chi connectivity index (χ1) is 16.1. The molecule has 0 bridgehead atoms. The minimum absolute atomic E-state index is 0.0423. The maximum absolute atomic E-state index is 13.4. The van der Waals surface area contributed by atoms with Crippen molar-refractivity contribution in [2.45, 2.75) is 24.3 Å². The van der Waals surface area contributed by atoms with E-state index in [1.54, 1.807) is 18.2 Å². The van der Waals surface area contributed by atoms with Crippen LogP contribution in [0.2, 0.25) is 0 Å². The van der Waals surface area contributed by atoms with E-state index in [0.29, 0.717) is 0 Å². The van der Waals surface area contributed by atoms with Crippen LogP contribution in [-0.4, -0.2) is 37.9 Å². The summed E-state index contributed by atoms with van der Waals surface area (Å²) < 4.78 is 45.6. The first-order valence-corrected chi connectivity index (χ1v) is 11.5. The lowest BCUT2D eigenvalue weighted by molar-refractivity contribution is -0.387. The van der Waals surface area contributed by atoms with Gasteiger partial charge in [0.05, 0.1) is 16.2 Å². The topological polar surface area (TPSA) is 145 Å². The Morgan fingerprint density at radius 1 is 1.09 bits per heavy atom. The van der Waals surface area contributed by atoms with E-state index >= 15 is 0 Å². The second-order valence-corrected chi connectivity index (χ2v) is 8.97. The third kappa shape index (κ3) is 6.11. The molecule has 10 nitrogen and oxygen atoms in total. The van der Waals surface area contributed by atoms with E-state index in [0.717, 1.165) is 29.0 Å². The van der Waals surface area contributed by atoms with Crippen LogP contribution in [0.15, 0.2) is 65.6 Å². The Bertz CT molecular complexity index is 1360. The monoisotopic (exact) mass is 489 g/mol. The van der Waals surface area contributed by atoms with Crippen LogP contribution in [0, 0.1) is 15.9 Å². The van der Waals surface area contributed by atoms with Crippen LogP contribution in [-0.2, 0) is 24.3 Å². The van der Waals surface area contributed by atoms with Crippen LogP contribution in [0.1, 0.15) is 13.3 Å². The molecule has 0 aromatic heterocycles. The van der Waals surface area contributed by atoms with Crippen LogP contribution in [0.25, 0.3) is 10.8 Å². The highest BCUT2D eigenvalue weighted by Gasteiger charge is 2.21. The molecular formula is C22H20FN3O7S. The Hall–Kier alpha value is -3.90. The second-order valence-electron chi connectivity index (χ2n) is 7.20. The number of benzene rings is 3. The Labute approximate surface area is 193 Å². The lowest BCUT2D eigenvalue weighted by Crippen LogP contribution is -2.32. The van der Waals surface area contributed by atoms with Crippen molar-refractivity contribution in [2.75, 3.05) is 11.9 Å². The molecule has 1 unspecified atom stereocenters. The van der Waals surface area contributed by atoms with Gasteiger partial charge in [-0.15, -0.1) is 0 Å². The van der Waals surface area contributed by atoms with Crippen LogP contribution in [0.5, 0.6) is 0 Å². The standard InChI is InChI=1S/C22H20FN3O7S/c1-14(22(28)25-17-7-9-19(23)20(13-17)26(29)30)33-21(27)10-11-24-34(31,32)18-8-6-15-4-2-3-5-16(15)12-18/h2-9,12-14,24H,10-11H2,1H3,(H,25,28). The fourth-order valence-electron chi connectivity index (χ4n) is 2.99. The van der Waals surface area contributed by atoms with Crippen molar-refractivity contribution >= 4 is 44.0 Å². The molecule has 0 saturated heterocycles. The van der Waals surface area contributed by atoms with Crippen LogP contribution in [0.3, 0.4) is 0 Å². The summed E-state index contributed by atoms with van der Waals surface area (Å²) >= 11 is 0. The van der Waals surface area contributed by atoms with Crippen LogP contribution in [0.4, 0.5) is 15.8 Å². The molecule has 178 valence electrons. The number of halogens is 1. The molecule has 3 rings (SSSR count). The SMILES string of the molecule is CC(OC(=O)CCNS(=O)(=O)c1ccc2ccccc2c1)C(=O)Nc1ccc(F)c([N+](=O)[O-])c1. The predicted octanol–water partition coefficient (Wildman–Crippen LogP) is 3.13. The number of nitrogens with zero attached hydrogens (tertiary/aromatic N) is 1. The predicted molar refractivity (Wildman–Crippen MR) is 121 cm³/mol. The molecule has 12 heteroatoms. The zero-order valence-electron chi connectivity index (χ0n) is 17.9. The summed E-state index contributed by atoms with van der Waals surface area (Å²) in [6.07, 6.45) is -1.62. The molecule has 3 aromatic rings. The van der Waals surface area contributed by atoms with Crippen molar-refractivity contribution < 1.29 is 32.1 Å². The Morgan fingerprint density at radius 2 is 1.79 bits per heavy atom. The number of carbonyl (C=O) groups is 2. The quantitative estimate of drug-likeness (QED) is 0.267. The van der Waals surface area contributed by atoms with Gasteiger partial charge in [0.2, 0.25) is 15.8 Å². The lowest BCUT2D eigenvalue weighted by atomic mass is 10.1. The number of hydrogen-bond acceptors (Lipinski definition) is 7. The number of fused-ring (bicyclic) bond motifs is 1. The molecule has 0 aliphatic carbocycles. The smallest absolute Gasteiger partial charge is 0.307 e. The Kier molecular flexibility index (Phi) is 7.54. The second kappa shape index (κ2) is 10.4. The first kappa shape index (κ1) is 24.7. The minimum atomic E-state index is -3.87. The molecule has 0 fully saturated rings. The molecule has 3 aromatic carbocycles. The van der Waals surface area contributed by atoms with Crippen molar-refractivity contribution in [1.29, 1.82) is 0 Å². The van der Waals surface area contributed by atoms with Gasteiger partial charge >= 0.3 is 11.7 Å². The van der Waals surface area contributed by atoms with E-state index in [2.05, 4.69) is 10.0 Å². The molecule has 0 aliphatic heterocycles. The maximum Gasteiger partial charge on any atom is 0.307 e. The van der Waals surface area contributed by atoms with E-state index < -0.39 is 44.4 Å². The summed E-state index contributed by atoms with van der Waals surface area (Å²) in [7, 11) is -3.87. The lowest BCUT2D eigenvalue weighted by Gasteiger charge is -2.14. The molecule has 1 atom stereocenters. The van der Waals surface area contributed by atoms with Gasteiger partial charge < -0.3 is 10.1 Å². The first-order valence-electron chi connectivity index (χ1n) is 9.99. The average molecular weight is 489 g/mol. The minimum Gasteiger partial charge on any atom is -0.452 e. The number of carbonyl (C=O) groups excluding carboxylic acids is 2. The number of esters is 1. The van der Waals surface area contributed by atoms with Gasteiger partial charge in [0.15, 0.2) is 6.10 Å². The molecule has 1 amide bonds. The third-order valence-corrected chi connectivity index (χ3v) is 6.20. The number of ether oxygens (including phenoxy) is 1. The summed E-state index contributed by atoms with van der Waals surface area (Å²) in [6.45, 7) is 1.01. The Balaban J connectivity index is 1.51. The summed E-state index contributed by atoms with van der Waals surface area (Å²) in [5.41, 5.74) is -0.870. The number of nitro groups is 1. The van der Waals surface area contributed by atoms with Gasteiger partial charge in [0.25, 0.3) is 5.91 Å². The molecule has 0 aliphatic rings. The van der Waals surface area contributed by atoms with Gasteiger partial charge in [-0.25, -0.2) is 13.1 Å². The molecule has 34 heavy (non-hydrogen) atoms. The number of nitrogens with one attached hydrogen (secondary N) is 2. The highest BCUT2D eigenvalue weighted by Crippen LogP contribution is 2.22. The summed E-state index contributed by atoms with van der Waals surface area (Å²) in [6, 6.07) is 14.7. The van der Waals surface area contributed by atoms with Crippen molar-refractivity contribution in [3.8, 4) is 0 Å². The third-order valence-electron chi connectivity index (χ3n) is 4.74. The normalized spacial score (nSPS) is 12.2. The van der Waals surface area contributed by atoms with Gasteiger partial charge in [-0.05, 0) is 42.0 Å². The number of nitro benzene ring substituents is 1. The van der Waals surface area contributed by atoms with E-state index in [4.69, 9.17) is 4.74 Å². The number of hydrogen-bond donors (Lipinski definition) is 2. The van der Waals surface area contributed by atoms with Gasteiger partial charge in [0.1, 0.15) is 0 Å². The number of rotatable bonds is 9. The van der Waals surface area contributed by atoms with Gasteiger partial charge in [-0.1, -0.05) is 30.3 Å². The van der Waals surface area contributed by atoms with Gasteiger partial charge in [-0.3, -0.25) is 19.7 Å². The van der Waals surface area contributed by atoms with E-state index in [1.165, 1.54) is 19.1 Å². The largest absolute Gasteiger partial charge is 0.452 e. The van der Waals surface area contributed by atoms with Crippen LogP contribution >= 0.6 is 0 Å². The molecule has 2 N–H and O–H groups in total. The summed E-state index contributed by atoms with van der Waals surface area (Å²) in [5.74, 6) is -2.70. The van der Waals surface area contributed by atoms with Crippen molar-refractivity contribution in [1.82, 2.24) is 4.72 Å². The average Bonchev–Trinajstić information content (AvgIpc) is 2.79. The van der Waals surface area contributed by atoms with Gasteiger partial charge in [-0.2, -0.15) is 4.39 Å². The zero-order valence-corrected chi connectivity index (χ0v) is 18.7. The highest BCUT2D eigenvalue weighted by molar-refractivity contribution is 7.89. The summed E-state index contributed by atoms with van der Waals surface area (Å²) in [5, 5.41) is 14.7. The molecular weight excluding hydrogens is 469 g/mol. The van der Waals surface area contributed by atoms with Crippen molar-refractivity contribution in [3.05, 3.63) is 76.6 Å². The van der Waals surface area contributed by atoms with E-state index in [-0.39, 0.29) is 23.5 Å². The molecule has 0 heterocycles.